The highest BCUT2D eigenvalue weighted by atomic mass is 16.6. The first-order chi connectivity index (χ1) is 13.6. The molecule has 0 saturated carbocycles. The van der Waals surface area contributed by atoms with Gasteiger partial charge < -0.3 is 23.6 Å². The number of benzene rings is 2. The molecule has 2 aromatic heterocycles. The molecular weight excluding hydrogens is 366 g/mol. The number of carbonyl (C=O) groups excluding carboxylic acids is 1. The van der Waals surface area contributed by atoms with Gasteiger partial charge in [0.15, 0.2) is 5.76 Å². The molecule has 2 heterocycles. The summed E-state index contributed by atoms with van der Waals surface area (Å²) in [7, 11) is 2.91. The number of anilines is 1. The number of hydrogen-bond acceptors (Lipinski definition) is 7. The molecule has 9 nitrogen and oxygen atoms in total. The van der Waals surface area contributed by atoms with Gasteiger partial charge in [-0.2, -0.15) is 4.68 Å². The predicted octanol–water partition coefficient (Wildman–Crippen LogP) is 2.84. The minimum atomic E-state index is -0.675. The van der Waals surface area contributed by atoms with Crippen molar-refractivity contribution < 1.29 is 23.1 Å². The van der Waals surface area contributed by atoms with Crippen LogP contribution in [-0.4, -0.2) is 29.9 Å². The number of methoxy groups -OCH3 is 2. The van der Waals surface area contributed by atoms with E-state index in [4.69, 9.17) is 18.3 Å². The Morgan fingerprint density at radius 1 is 1.04 bits per heavy atom. The first kappa shape index (κ1) is 17.4. The lowest BCUT2D eigenvalue weighted by molar-refractivity contribution is 0.0998. The van der Waals surface area contributed by atoms with E-state index in [9.17, 15) is 9.59 Å². The van der Waals surface area contributed by atoms with Gasteiger partial charge in [-0.1, -0.05) is 5.10 Å². The van der Waals surface area contributed by atoms with Gasteiger partial charge in [-0.15, -0.1) is 0 Å². The van der Waals surface area contributed by atoms with Crippen LogP contribution in [0.5, 0.6) is 11.8 Å². The van der Waals surface area contributed by atoms with Crippen molar-refractivity contribution in [1.82, 2.24) is 9.78 Å². The Hall–Kier alpha value is -4.01. The summed E-state index contributed by atoms with van der Waals surface area (Å²) < 4.78 is 21.4. The Morgan fingerprint density at radius 2 is 1.82 bits per heavy atom. The van der Waals surface area contributed by atoms with Crippen LogP contribution in [0.2, 0.25) is 0 Å². The van der Waals surface area contributed by atoms with E-state index in [1.165, 1.54) is 7.11 Å². The van der Waals surface area contributed by atoms with Crippen LogP contribution in [0, 0.1) is 0 Å². The molecule has 0 unspecified atom stereocenters. The fourth-order valence-electron chi connectivity index (χ4n) is 2.64. The maximum atomic E-state index is 12.5. The van der Waals surface area contributed by atoms with Crippen molar-refractivity contribution in [3.05, 3.63) is 64.8 Å². The summed E-state index contributed by atoms with van der Waals surface area (Å²) in [5.74, 6) is -0.261. The summed E-state index contributed by atoms with van der Waals surface area (Å²) in [4.78, 5) is 24.2. The number of aromatic nitrogens is 2. The van der Waals surface area contributed by atoms with Gasteiger partial charge in [0.2, 0.25) is 0 Å². The standard InChI is InChI=1S/C19H15N3O6/c1-25-14-8-3-11-9-16(27-15(11)10-14)17(23)20-12-4-6-13(7-5-12)22-19(24)28-18(21-22)26-2/h3-10H,1-2H3,(H,20,23). The van der Waals surface area contributed by atoms with E-state index in [0.29, 0.717) is 22.7 Å². The molecule has 4 aromatic rings. The van der Waals surface area contributed by atoms with E-state index in [0.717, 1.165) is 10.1 Å². The Balaban J connectivity index is 1.53. The van der Waals surface area contributed by atoms with Gasteiger partial charge in [0.25, 0.3) is 5.91 Å². The van der Waals surface area contributed by atoms with Crippen molar-refractivity contribution in [3.63, 3.8) is 0 Å². The summed E-state index contributed by atoms with van der Waals surface area (Å²) in [6, 6.07) is 13.5. The zero-order valence-corrected chi connectivity index (χ0v) is 15.0. The number of furan rings is 1. The third kappa shape index (κ3) is 3.20. The quantitative estimate of drug-likeness (QED) is 0.566. The molecule has 142 valence electrons. The average molecular weight is 381 g/mol. The van der Waals surface area contributed by atoms with Crippen molar-refractivity contribution in [2.45, 2.75) is 0 Å². The van der Waals surface area contributed by atoms with Gasteiger partial charge in [0.05, 0.1) is 19.9 Å². The molecule has 2 aromatic carbocycles. The Labute approximate surface area is 158 Å². The maximum Gasteiger partial charge on any atom is 0.444 e. The second kappa shape index (κ2) is 6.95. The molecular formula is C19H15N3O6. The first-order valence-electron chi connectivity index (χ1n) is 8.21. The van der Waals surface area contributed by atoms with Crippen LogP contribution in [0.15, 0.2) is 62.2 Å². The van der Waals surface area contributed by atoms with Crippen molar-refractivity contribution in [3.8, 4) is 17.5 Å². The summed E-state index contributed by atoms with van der Waals surface area (Å²) in [5, 5.41) is 7.41. The third-order valence-corrected chi connectivity index (χ3v) is 4.02. The predicted molar refractivity (Wildman–Crippen MR) is 99.4 cm³/mol. The fourth-order valence-corrected chi connectivity index (χ4v) is 2.64. The van der Waals surface area contributed by atoms with Crippen LogP contribution in [0.4, 0.5) is 5.69 Å². The van der Waals surface area contributed by atoms with E-state index < -0.39 is 11.7 Å². The third-order valence-electron chi connectivity index (χ3n) is 4.02. The molecule has 0 bridgehead atoms. The van der Waals surface area contributed by atoms with Gasteiger partial charge in [-0.25, -0.2) is 4.79 Å². The Bertz CT molecular complexity index is 1200. The van der Waals surface area contributed by atoms with Crippen molar-refractivity contribution in [2.24, 2.45) is 0 Å². The van der Waals surface area contributed by atoms with Crippen LogP contribution in [0.3, 0.4) is 0 Å². The van der Waals surface area contributed by atoms with Crippen LogP contribution >= 0.6 is 0 Å². The molecule has 0 spiro atoms. The van der Waals surface area contributed by atoms with E-state index >= 15 is 0 Å². The van der Waals surface area contributed by atoms with E-state index in [2.05, 4.69) is 10.4 Å². The van der Waals surface area contributed by atoms with Gasteiger partial charge >= 0.3 is 11.8 Å². The molecule has 0 saturated heterocycles. The van der Waals surface area contributed by atoms with Gasteiger partial charge in [-0.3, -0.25) is 4.79 Å². The highest BCUT2D eigenvalue weighted by molar-refractivity contribution is 6.04. The molecule has 28 heavy (non-hydrogen) atoms. The lowest BCUT2D eigenvalue weighted by Crippen LogP contribution is -2.14. The van der Waals surface area contributed by atoms with Gasteiger partial charge in [0, 0.05) is 17.1 Å². The largest absolute Gasteiger partial charge is 0.497 e. The summed E-state index contributed by atoms with van der Waals surface area (Å²) in [6.45, 7) is 0. The zero-order chi connectivity index (χ0) is 19.7. The van der Waals surface area contributed by atoms with E-state index in [1.54, 1.807) is 49.6 Å². The second-order valence-corrected chi connectivity index (χ2v) is 5.77. The van der Waals surface area contributed by atoms with Crippen molar-refractivity contribution in [2.75, 3.05) is 19.5 Å². The topological polar surface area (TPSA) is 109 Å². The number of nitrogens with zero attached hydrogens (tertiary/aromatic N) is 2. The first-order valence-corrected chi connectivity index (χ1v) is 8.21. The molecule has 0 atom stereocenters. The number of hydrogen-bond donors (Lipinski definition) is 1. The molecule has 1 amide bonds. The molecule has 0 aliphatic heterocycles. The molecule has 0 radical (unpaired) electrons. The minimum absolute atomic E-state index is 0.135. The number of rotatable bonds is 5. The number of carbonyl (C=O) groups is 1. The monoisotopic (exact) mass is 381 g/mol. The number of nitrogens with one attached hydrogen (secondary N) is 1. The SMILES string of the molecule is COc1ccc2cc(C(=O)Nc3ccc(-n4nc(OC)oc4=O)cc3)oc2c1. The fraction of sp³-hybridized carbons (Fsp3) is 0.105. The summed E-state index contributed by atoms with van der Waals surface area (Å²) in [6.07, 6.45) is -0.135. The van der Waals surface area contributed by atoms with E-state index in [-0.39, 0.29) is 11.8 Å². The van der Waals surface area contributed by atoms with E-state index in [1.807, 2.05) is 6.07 Å². The molecule has 0 fully saturated rings. The minimum Gasteiger partial charge on any atom is -0.497 e. The van der Waals surface area contributed by atoms with Crippen LogP contribution < -0.4 is 20.5 Å². The Morgan fingerprint density at radius 3 is 2.50 bits per heavy atom. The molecule has 0 aliphatic carbocycles. The van der Waals surface area contributed by atoms with Crippen molar-refractivity contribution >= 4 is 22.6 Å². The highest BCUT2D eigenvalue weighted by Gasteiger charge is 2.14. The smallest absolute Gasteiger partial charge is 0.444 e. The normalized spacial score (nSPS) is 10.8. The molecule has 9 heteroatoms. The van der Waals surface area contributed by atoms with Crippen molar-refractivity contribution in [1.29, 1.82) is 0 Å². The maximum absolute atomic E-state index is 12.5. The molecule has 1 N–H and O–H groups in total. The summed E-state index contributed by atoms with van der Waals surface area (Å²) in [5.41, 5.74) is 1.54. The second-order valence-electron chi connectivity index (χ2n) is 5.77. The van der Waals surface area contributed by atoms with Gasteiger partial charge in [0.1, 0.15) is 11.3 Å². The Kier molecular flexibility index (Phi) is 4.32. The number of ether oxygens (including phenoxy) is 2. The zero-order valence-electron chi connectivity index (χ0n) is 15.0. The van der Waals surface area contributed by atoms with Gasteiger partial charge in [-0.05, 0) is 42.5 Å². The molecule has 4 rings (SSSR count). The van der Waals surface area contributed by atoms with Crippen LogP contribution in [0.1, 0.15) is 10.6 Å². The lowest BCUT2D eigenvalue weighted by atomic mass is 10.2. The molecule has 0 aliphatic rings. The number of amides is 1. The van der Waals surface area contributed by atoms with Crippen LogP contribution in [-0.2, 0) is 0 Å². The number of fused-ring (bicyclic) bond motifs is 1. The average Bonchev–Trinajstić information content (AvgIpc) is 3.31. The lowest BCUT2D eigenvalue weighted by Gasteiger charge is -2.04. The summed E-state index contributed by atoms with van der Waals surface area (Å²) >= 11 is 0. The highest BCUT2D eigenvalue weighted by Crippen LogP contribution is 2.25. The van der Waals surface area contributed by atoms with Crippen LogP contribution in [0.25, 0.3) is 16.7 Å².